The van der Waals surface area contributed by atoms with Gasteiger partial charge in [-0.3, -0.25) is 19.6 Å². The number of esters is 1. The monoisotopic (exact) mass is 768 g/mol. The Hall–Kier alpha value is -4.38. The van der Waals surface area contributed by atoms with Gasteiger partial charge in [-0.1, -0.05) is 52.0 Å². The van der Waals surface area contributed by atoms with Crippen LogP contribution in [0.25, 0.3) is 22.3 Å². The van der Waals surface area contributed by atoms with Crippen LogP contribution < -0.4 is 0 Å². The molecule has 0 unspecified atom stereocenters. The largest absolute Gasteiger partial charge is 0.461 e. The van der Waals surface area contributed by atoms with Crippen molar-refractivity contribution in [2.75, 3.05) is 13.2 Å². The number of aliphatic hydroxyl groups is 1. The molecule has 0 saturated carbocycles. The summed E-state index contributed by atoms with van der Waals surface area (Å²) in [5.41, 5.74) is 9.70. The van der Waals surface area contributed by atoms with Gasteiger partial charge in [0.25, 0.3) is 0 Å². The van der Waals surface area contributed by atoms with Gasteiger partial charge < -0.3 is 19.3 Å². The number of fused-ring (bicyclic) bond motifs is 2. The van der Waals surface area contributed by atoms with Crippen LogP contribution in [0.15, 0.2) is 48.5 Å². The fourth-order valence-electron chi connectivity index (χ4n) is 8.68. The van der Waals surface area contributed by atoms with E-state index in [1.165, 1.54) is 31.2 Å². The quantitative estimate of drug-likeness (QED) is 0.186. The number of nitrogens with zero attached hydrogens (tertiary/aromatic N) is 2. The molecule has 1 spiro atoms. The Labute approximate surface area is 329 Å². The Morgan fingerprint density at radius 1 is 0.768 bits per heavy atom. The Morgan fingerprint density at radius 2 is 1.25 bits per heavy atom. The van der Waals surface area contributed by atoms with Gasteiger partial charge in [-0.15, -0.1) is 0 Å². The zero-order chi connectivity index (χ0) is 40.7. The van der Waals surface area contributed by atoms with Crippen LogP contribution in [0.2, 0.25) is 0 Å². The average molecular weight is 769 g/mol. The van der Waals surface area contributed by atoms with Crippen molar-refractivity contribution in [3.05, 3.63) is 105 Å². The van der Waals surface area contributed by atoms with E-state index in [4.69, 9.17) is 24.2 Å². The number of benzene rings is 2. The fourth-order valence-corrected chi connectivity index (χ4v) is 8.68. The topological polar surface area (TPSA) is 108 Å². The summed E-state index contributed by atoms with van der Waals surface area (Å²) >= 11 is 0. The minimum absolute atomic E-state index is 0.0721. The number of carbonyl (C=O) groups is 2. The van der Waals surface area contributed by atoms with Gasteiger partial charge in [0.05, 0.1) is 47.7 Å². The van der Waals surface area contributed by atoms with Crippen molar-refractivity contribution >= 4 is 11.8 Å². The molecule has 8 nitrogen and oxygen atoms in total. The minimum atomic E-state index is -0.689. The highest BCUT2D eigenvalue weighted by Crippen LogP contribution is 2.51. The second-order valence-corrected chi connectivity index (χ2v) is 16.7. The predicted octanol–water partition coefficient (Wildman–Crippen LogP) is 9.34. The van der Waals surface area contributed by atoms with Crippen molar-refractivity contribution in [3.8, 4) is 22.3 Å². The maximum absolute atomic E-state index is 13.6. The Bertz CT molecular complexity index is 2120. The van der Waals surface area contributed by atoms with Crippen molar-refractivity contribution in [2.24, 2.45) is 0 Å². The van der Waals surface area contributed by atoms with Crippen LogP contribution >= 0.6 is 0 Å². The van der Waals surface area contributed by atoms with Crippen molar-refractivity contribution in [2.45, 2.75) is 130 Å². The zero-order valence-corrected chi connectivity index (χ0v) is 34.1. The summed E-state index contributed by atoms with van der Waals surface area (Å²) < 4.78 is 44.7. The Morgan fingerprint density at radius 3 is 1.75 bits per heavy atom. The van der Waals surface area contributed by atoms with Gasteiger partial charge in [-0.25, -0.2) is 8.78 Å². The number of halogens is 2. The lowest BCUT2D eigenvalue weighted by molar-refractivity contribution is -0.210. The lowest BCUT2D eigenvalue weighted by Gasteiger charge is -2.47. The van der Waals surface area contributed by atoms with Crippen molar-refractivity contribution in [1.29, 1.82) is 0 Å². The summed E-state index contributed by atoms with van der Waals surface area (Å²) in [6, 6.07) is 12.8. The maximum Gasteiger partial charge on any atom is 0.302 e. The van der Waals surface area contributed by atoms with Crippen LogP contribution in [0.3, 0.4) is 0 Å². The molecule has 2 aliphatic carbocycles. The van der Waals surface area contributed by atoms with E-state index in [9.17, 15) is 23.5 Å². The standard InChI is InChI=1S/C23H28FNO3.C23H26FNO3/c1-14(2)20-18(13-26)19(15-5-7-16(24)8-6-15)17-9-10-23(27-11-12-28-23)22(3,4)21(17)25-20;1-13(2)21-18(12-28-14(3)26)20(15-6-8-16(24)9-7-15)17-10-11-19(27)23(4,5)22(17)25-21/h5-8,14,26H,9-13H2,1-4H3;6-9,13H,10-12H2,1-5H3. The molecule has 56 heavy (non-hydrogen) atoms. The molecule has 2 aromatic carbocycles. The van der Waals surface area contributed by atoms with E-state index in [0.29, 0.717) is 26.1 Å². The smallest absolute Gasteiger partial charge is 0.302 e. The molecule has 1 fully saturated rings. The van der Waals surface area contributed by atoms with Crippen LogP contribution in [0.4, 0.5) is 8.78 Å². The number of rotatable bonds is 7. The molecule has 1 saturated heterocycles. The third-order valence-electron chi connectivity index (χ3n) is 11.7. The summed E-state index contributed by atoms with van der Waals surface area (Å²) in [4.78, 5) is 34.1. The van der Waals surface area contributed by atoms with E-state index >= 15 is 0 Å². The SMILES string of the molecule is CC(=O)OCc1c(C(C)C)nc2c(c1-c1ccc(F)cc1)CCC(=O)C2(C)C.CC(C)c1nc2c(c(-c3ccc(F)cc3)c1CO)CCC1(OCCO1)C2(C)C. The summed E-state index contributed by atoms with van der Waals surface area (Å²) in [5.74, 6) is -1.23. The van der Waals surface area contributed by atoms with Gasteiger partial charge in [-0.2, -0.15) is 0 Å². The number of Topliss-reactive ketones (excluding diaryl/α,β-unsaturated/α-hetero) is 1. The highest BCUT2D eigenvalue weighted by molar-refractivity contribution is 5.92. The molecule has 10 heteroatoms. The molecule has 1 N–H and O–H groups in total. The zero-order valence-electron chi connectivity index (χ0n) is 34.1. The molecule has 2 aromatic heterocycles. The number of carbonyl (C=O) groups excluding carboxylic acids is 2. The number of aliphatic hydroxyl groups excluding tert-OH is 1. The molecule has 0 atom stereocenters. The van der Waals surface area contributed by atoms with E-state index in [0.717, 1.165) is 80.1 Å². The number of ether oxygens (including phenoxy) is 3. The Kier molecular flexibility index (Phi) is 11.7. The second kappa shape index (κ2) is 15.9. The van der Waals surface area contributed by atoms with Crippen molar-refractivity contribution < 1.29 is 37.7 Å². The third kappa shape index (κ3) is 7.43. The van der Waals surface area contributed by atoms with Crippen LogP contribution in [0.1, 0.15) is 132 Å². The van der Waals surface area contributed by atoms with E-state index in [2.05, 4.69) is 27.7 Å². The minimum Gasteiger partial charge on any atom is -0.461 e. The first kappa shape index (κ1) is 41.3. The van der Waals surface area contributed by atoms with E-state index < -0.39 is 16.6 Å². The van der Waals surface area contributed by atoms with Gasteiger partial charge in [0, 0.05) is 36.6 Å². The molecule has 0 bridgehead atoms. The molecule has 4 aromatic rings. The van der Waals surface area contributed by atoms with Gasteiger partial charge in [0.15, 0.2) is 5.79 Å². The fraction of sp³-hybridized carbons (Fsp3) is 0.478. The van der Waals surface area contributed by atoms with Crippen molar-refractivity contribution in [3.63, 3.8) is 0 Å². The first-order chi connectivity index (χ1) is 26.4. The summed E-state index contributed by atoms with van der Waals surface area (Å²) in [7, 11) is 0. The van der Waals surface area contributed by atoms with E-state index in [1.807, 2.05) is 27.7 Å². The first-order valence-electron chi connectivity index (χ1n) is 19.6. The molecule has 1 aliphatic heterocycles. The number of aromatic nitrogens is 2. The third-order valence-corrected chi connectivity index (χ3v) is 11.7. The lowest BCUT2D eigenvalue weighted by Crippen LogP contribution is -2.53. The van der Waals surface area contributed by atoms with Gasteiger partial charge >= 0.3 is 5.97 Å². The lowest BCUT2D eigenvalue weighted by atomic mass is 9.68. The van der Waals surface area contributed by atoms with Crippen LogP contribution in [-0.2, 0) is 60.7 Å². The number of hydrogen-bond acceptors (Lipinski definition) is 8. The summed E-state index contributed by atoms with van der Waals surface area (Å²) in [6.45, 7) is 18.8. The number of ketones is 1. The van der Waals surface area contributed by atoms with Gasteiger partial charge in [0.1, 0.15) is 24.0 Å². The highest BCUT2D eigenvalue weighted by atomic mass is 19.1. The molecule has 0 amide bonds. The molecule has 298 valence electrons. The molecule has 0 radical (unpaired) electrons. The van der Waals surface area contributed by atoms with E-state index in [-0.39, 0.29) is 48.4 Å². The average Bonchev–Trinajstić information content (AvgIpc) is 3.64. The van der Waals surface area contributed by atoms with E-state index in [1.54, 1.807) is 24.3 Å². The molecular weight excluding hydrogens is 715 g/mol. The molecular formula is C46H54F2N2O6. The molecule has 7 rings (SSSR count). The van der Waals surface area contributed by atoms with Crippen LogP contribution in [0.5, 0.6) is 0 Å². The van der Waals surface area contributed by atoms with Crippen LogP contribution in [-0.4, -0.2) is 45.8 Å². The highest BCUT2D eigenvalue weighted by Gasteiger charge is 2.55. The van der Waals surface area contributed by atoms with Crippen molar-refractivity contribution in [1.82, 2.24) is 9.97 Å². The maximum atomic E-state index is 13.6. The summed E-state index contributed by atoms with van der Waals surface area (Å²) in [5, 5.41) is 10.2. The number of hydrogen-bond donors (Lipinski definition) is 1. The second-order valence-electron chi connectivity index (χ2n) is 16.7. The number of pyridine rings is 2. The molecule has 3 heterocycles. The Balaban J connectivity index is 0.000000190. The van der Waals surface area contributed by atoms with Gasteiger partial charge in [0.2, 0.25) is 0 Å². The molecule has 3 aliphatic rings. The van der Waals surface area contributed by atoms with Crippen LogP contribution in [0, 0.1) is 11.6 Å². The normalized spacial score (nSPS) is 17.7. The summed E-state index contributed by atoms with van der Waals surface area (Å²) in [6.07, 6.45) is 2.48. The first-order valence-corrected chi connectivity index (χ1v) is 19.6. The van der Waals surface area contributed by atoms with Gasteiger partial charge in [-0.05, 0) is 110 Å². The predicted molar refractivity (Wildman–Crippen MR) is 211 cm³/mol.